The van der Waals surface area contributed by atoms with Crippen LogP contribution in [0.3, 0.4) is 0 Å². The summed E-state index contributed by atoms with van der Waals surface area (Å²) >= 11 is 0. The number of rotatable bonds is 2. The Labute approximate surface area is 83.7 Å². The Morgan fingerprint density at radius 2 is 2.29 bits per heavy atom. The van der Waals surface area contributed by atoms with Crippen LogP contribution in [0.15, 0.2) is 24.3 Å². The molecule has 3 heteroatoms. The van der Waals surface area contributed by atoms with Crippen molar-refractivity contribution in [3.63, 3.8) is 0 Å². The standard InChI is InChI=1S/C11H15NO2/c1-2-12-9-7-14-10-6-4-3-5-8(10)11(9)13/h3-6,9,11-13H,2,7H2,1H3. The molecular weight excluding hydrogens is 178 g/mol. The van der Waals surface area contributed by atoms with E-state index in [4.69, 9.17) is 4.74 Å². The van der Waals surface area contributed by atoms with Crippen LogP contribution in [0.25, 0.3) is 0 Å². The average Bonchev–Trinajstić information content (AvgIpc) is 2.23. The Bertz CT molecular complexity index is 314. The van der Waals surface area contributed by atoms with E-state index in [0.717, 1.165) is 17.9 Å². The lowest BCUT2D eigenvalue weighted by atomic mass is 9.99. The van der Waals surface area contributed by atoms with Gasteiger partial charge in [0.15, 0.2) is 0 Å². The van der Waals surface area contributed by atoms with Crippen LogP contribution >= 0.6 is 0 Å². The molecular formula is C11H15NO2. The van der Waals surface area contributed by atoms with E-state index in [9.17, 15) is 5.11 Å². The molecule has 0 amide bonds. The van der Waals surface area contributed by atoms with Gasteiger partial charge in [0.25, 0.3) is 0 Å². The van der Waals surface area contributed by atoms with Gasteiger partial charge in [0.2, 0.25) is 0 Å². The quantitative estimate of drug-likeness (QED) is 0.738. The van der Waals surface area contributed by atoms with Crippen LogP contribution in [0.4, 0.5) is 0 Å². The van der Waals surface area contributed by atoms with Crippen LogP contribution in [0.1, 0.15) is 18.6 Å². The molecule has 0 spiro atoms. The van der Waals surface area contributed by atoms with Crippen molar-refractivity contribution < 1.29 is 9.84 Å². The topological polar surface area (TPSA) is 41.5 Å². The molecule has 1 heterocycles. The molecule has 2 N–H and O–H groups in total. The summed E-state index contributed by atoms with van der Waals surface area (Å²) in [4.78, 5) is 0. The summed E-state index contributed by atoms with van der Waals surface area (Å²) in [5.41, 5.74) is 0.879. The van der Waals surface area contributed by atoms with Crippen LogP contribution in [0.5, 0.6) is 5.75 Å². The maximum atomic E-state index is 10.0. The Morgan fingerprint density at radius 1 is 1.50 bits per heavy atom. The van der Waals surface area contributed by atoms with Crippen LogP contribution in [0.2, 0.25) is 0 Å². The molecule has 76 valence electrons. The van der Waals surface area contributed by atoms with E-state index in [2.05, 4.69) is 5.32 Å². The molecule has 0 fully saturated rings. The van der Waals surface area contributed by atoms with E-state index in [0.29, 0.717) is 6.61 Å². The first-order chi connectivity index (χ1) is 6.83. The van der Waals surface area contributed by atoms with Gasteiger partial charge in [-0.15, -0.1) is 0 Å². The summed E-state index contributed by atoms with van der Waals surface area (Å²) in [5, 5.41) is 13.2. The highest BCUT2D eigenvalue weighted by atomic mass is 16.5. The Hall–Kier alpha value is -1.06. The van der Waals surface area contributed by atoms with Gasteiger partial charge >= 0.3 is 0 Å². The summed E-state index contributed by atoms with van der Waals surface area (Å²) in [5.74, 6) is 0.800. The van der Waals surface area contributed by atoms with E-state index in [1.165, 1.54) is 0 Å². The van der Waals surface area contributed by atoms with Crippen molar-refractivity contribution >= 4 is 0 Å². The molecule has 1 aromatic carbocycles. The summed E-state index contributed by atoms with van der Waals surface area (Å²) < 4.78 is 5.54. The minimum Gasteiger partial charge on any atom is -0.491 e. The van der Waals surface area contributed by atoms with Crippen LogP contribution in [-0.4, -0.2) is 24.3 Å². The molecule has 2 unspecified atom stereocenters. The van der Waals surface area contributed by atoms with Crippen molar-refractivity contribution in [2.45, 2.75) is 19.1 Å². The number of para-hydroxylation sites is 1. The number of hydrogen-bond donors (Lipinski definition) is 2. The van der Waals surface area contributed by atoms with E-state index >= 15 is 0 Å². The Morgan fingerprint density at radius 3 is 3.07 bits per heavy atom. The summed E-state index contributed by atoms with van der Waals surface area (Å²) in [7, 11) is 0. The maximum absolute atomic E-state index is 10.0. The van der Waals surface area contributed by atoms with Crippen LogP contribution in [-0.2, 0) is 0 Å². The number of aliphatic hydroxyl groups is 1. The first kappa shape index (κ1) is 9.49. The summed E-state index contributed by atoms with van der Waals surface area (Å²) in [6, 6.07) is 7.64. The fourth-order valence-electron chi connectivity index (χ4n) is 1.78. The lowest BCUT2D eigenvalue weighted by Crippen LogP contribution is -2.42. The number of likely N-dealkylation sites (N-methyl/N-ethyl adjacent to an activating group) is 1. The normalized spacial score (nSPS) is 25.3. The molecule has 0 radical (unpaired) electrons. The lowest BCUT2D eigenvalue weighted by Gasteiger charge is -2.30. The van der Waals surface area contributed by atoms with Gasteiger partial charge in [0, 0.05) is 5.56 Å². The number of ether oxygens (including phenoxy) is 1. The zero-order valence-electron chi connectivity index (χ0n) is 8.23. The van der Waals surface area contributed by atoms with Gasteiger partial charge in [-0.25, -0.2) is 0 Å². The Kier molecular flexibility index (Phi) is 2.70. The molecule has 0 aromatic heterocycles. The Balaban J connectivity index is 2.22. The van der Waals surface area contributed by atoms with Crippen molar-refractivity contribution in [3.8, 4) is 5.75 Å². The third-order valence-electron chi connectivity index (χ3n) is 2.50. The first-order valence-corrected chi connectivity index (χ1v) is 4.96. The highest BCUT2D eigenvalue weighted by molar-refractivity contribution is 5.37. The second-order valence-electron chi connectivity index (χ2n) is 3.46. The average molecular weight is 193 g/mol. The largest absolute Gasteiger partial charge is 0.491 e. The molecule has 1 aliphatic heterocycles. The molecule has 3 nitrogen and oxygen atoms in total. The van der Waals surface area contributed by atoms with E-state index in [1.807, 2.05) is 31.2 Å². The van der Waals surface area contributed by atoms with Crippen molar-refractivity contribution in [1.29, 1.82) is 0 Å². The van der Waals surface area contributed by atoms with Gasteiger partial charge < -0.3 is 15.2 Å². The van der Waals surface area contributed by atoms with Gasteiger partial charge in [-0.05, 0) is 12.6 Å². The number of nitrogens with one attached hydrogen (secondary N) is 1. The van der Waals surface area contributed by atoms with E-state index < -0.39 is 6.10 Å². The van der Waals surface area contributed by atoms with Crippen LogP contribution < -0.4 is 10.1 Å². The highest BCUT2D eigenvalue weighted by Gasteiger charge is 2.27. The second kappa shape index (κ2) is 3.98. The van der Waals surface area contributed by atoms with Crippen molar-refractivity contribution in [1.82, 2.24) is 5.32 Å². The third-order valence-corrected chi connectivity index (χ3v) is 2.50. The monoisotopic (exact) mass is 193 g/mol. The van der Waals surface area contributed by atoms with Gasteiger partial charge in [0.05, 0.1) is 6.04 Å². The molecule has 0 saturated carbocycles. The predicted octanol–water partition coefficient (Wildman–Crippen LogP) is 1.09. The fraction of sp³-hybridized carbons (Fsp3) is 0.455. The maximum Gasteiger partial charge on any atom is 0.125 e. The molecule has 2 atom stereocenters. The summed E-state index contributed by atoms with van der Waals surface area (Å²) in [6.07, 6.45) is -0.458. The number of hydrogen-bond acceptors (Lipinski definition) is 3. The smallest absolute Gasteiger partial charge is 0.125 e. The van der Waals surface area contributed by atoms with Gasteiger partial charge in [0.1, 0.15) is 18.5 Å². The molecule has 0 aliphatic carbocycles. The van der Waals surface area contributed by atoms with Crippen molar-refractivity contribution in [3.05, 3.63) is 29.8 Å². The molecule has 0 bridgehead atoms. The minimum atomic E-state index is -0.458. The summed E-state index contributed by atoms with van der Waals surface area (Å²) in [6.45, 7) is 3.40. The molecule has 14 heavy (non-hydrogen) atoms. The third kappa shape index (κ3) is 1.61. The first-order valence-electron chi connectivity index (χ1n) is 4.96. The number of benzene rings is 1. The lowest BCUT2D eigenvalue weighted by molar-refractivity contribution is 0.0745. The minimum absolute atomic E-state index is 0.00917. The molecule has 1 aliphatic rings. The fourth-order valence-corrected chi connectivity index (χ4v) is 1.78. The van der Waals surface area contributed by atoms with E-state index in [-0.39, 0.29) is 6.04 Å². The molecule has 1 aromatic rings. The van der Waals surface area contributed by atoms with Crippen molar-refractivity contribution in [2.75, 3.05) is 13.2 Å². The number of aliphatic hydroxyl groups excluding tert-OH is 1. The van der Waals surface area contributed by atoms with Gasteiger partial charge in [-0.1, -0.05) is 25.1 Å². The molecule has 2 rings (SSSR count). The SMILES string of the molecule is CCNC1COc2ccccc2C1O. The van der Waals surface area contributed by atoms with Crippen molar-refractivity contribution in [2.24, 2.45) is 0 Å². The van der Waals surface area contributed by atoms with Gasteiger partial charge in [-0.3, -0.25) is 0 Å². The second-order valence-corrected chi connectivity index (χ2v) is 3.46. The zero-order chi connectivity index (χ0) is 9.97. The molecule has 0 saturated heterocycles. The zero-order valence-corrected chi connectivity index (χ0v) is 8.23. The van der Waals surface area contributed by atoms with E-state index in [1.54, 1.807) is 0 Å². The predicted molar refractivity (Wildman–Crippen MR) is 54.4 cm³/mol. The number of fused-ring (bicyclic) bond motifs is 1. The van der Waals surface area contributed by atoms with Crippen LogP contribution in [0, 0.1) is 0 Å². The van der Waals surface area contributed by atoms with Gasteiger partial charge in [-0.2, -0.15) is 0 Å². The highest BCUT2D eigenvalue weighted by Crippen LogP contribution is 2.31.